The van der Waals surface area contributed by atoms with E-state index in [4.69, 9.17) is 32.7 Å². The molecule has 1 aromatic heterocycles. The number of para-hydroxylation sites is 1. The Morgan fingerprint density at radius 1 is 1.08 bits per heavy atom. The summed E-state index contributed by atoms with van der Waals surface area (Å²) >= 11 is 15.7. The molecule has 4 rings (SSSR count). The highest BCUT2D eigenvalue weighted by Gasteiger charge is 2.11. The molecule has 0 unspecified atom stereocenters. The minimum absolute atomic E-state index is 0.316. The monoisotopic (exact) mass is 599 g/mol. The van der Waals surface area contributed by atoms with Crippen molar-refractivity contribution in [3.05, 3.63) is 110 Å². The number of anilines is 1. The Kier molecular flexibility index (Phi) is 8.92. The van der Waals surface area contributed by atoms with Crippen molar-refractivity contribution < 1.29 is 14.3 Å². The second kappa shape index (κ2) is 12.3. The molecule has 0 aliphatic carbocycles. The van der Waals surface area contributed by atoms with Crippen LogP contribution in [0.5, 0.6) is 11.5 Å². The number of aryl methyl sites for hydroxylation is 1. The van der Waals surface area contributed by atoms with Crippen LogP contribution >= 0.6 is 39.1 Å². The van der Waals surface area contributed by atoms with E-state index in [1.807, 2.05) is 55.5 Å². The van der Waals surface area contributed by atoms with Gasteiger partial charge in [0.15, 0.2) is 5.82 Å². The maximum Gasteiger partial charge on any atom is 0.249 e. The average molecular weight is 601 g/mol. The fourth-order valence-corrected chi connectivity index (χ4v) is 4.49. The minimum Gasteiger partial charge on any atom is -0.496 e. The molecule has 0 spiro atoms. The van der Waals surface area contributed by atoms with Gasteiger partial charge in [0.25, 0.3) is 0 Å². The lowest BCUT2D eigenvalue weighted by Gasteiger charge is -2.12. The number of rotatable bonds is 9. The Bertz CT molecular complexity index is 1450. The van der Waals surface area contributed by atoms with Crippen LogP contribution in [0.1, 0.15) is 22.3 Å². The standard InChI is InChI=1S/C28H24BrCl2N3O3/c1-18-5-3-4-6-25(18)37-17-21-13-19(7-11-26(21)36-2)8-12-27(35)32-28-23(29)16-34(33-28)15-20-9-10-22(30)14-24(20)31/h3-14,16H,15,17H2,1-2H3,(H,32,33,35)/b12-8+. The number of carbonyl (C=O) groups excluding carboxylic acids is 1. The van der Waals surface area contributed by atoms with Crippen molar-refractivity contribution in [1.29, 1.82) is 0 Å². The van der Waals surface area contributed by atoms with Crippen molar-refractivity contribution in [3.63, 3.8) is 0 Å². The Balaban J connectivity index is 1.41. The third-order valence-corrected chi connectivity index (χ3v) is 6.68. The molecular weight excluding hydrogens is 577 g/mol. The SMILES string of the molecule is COc1ccc(/C=C/C(=O)Nc2nn(Cc3ccc(Cl)cc3Cl)cc2Br)cc1COc1ccccc1C. The van der Waals surface area contributed by atoms with E-state index >= 15 is 0 Å². The van der Waals surface area contributed by atoms with Crippen LogP contribution in [0.2, 0.25) is 10.0 Å². The van der Waals surface area contributed by atoms with E-state index < -0.39 is 0 Å². The molecule has 0 radical (unpaired) electrons. The zero-order valence-electron chi connectivity index (χ0n) is 20.2. The predicted octanol–water partition coefficient (Wildman–Crippen LogP) is 7.55. The summed E-state index contributed by atoms with van der Waals surface area (Å²) in [5, 5.41) is 8.35. The summed E-state index contributed by atoms with van der Waals surface area (Å²) in [6.07, 6.45) is 4.95. The zero-order valence-corrected chi connectivity index (χ0v) is 23.3. The number of benzene rings is 3. The molecule has 190 valence electrons. The van der Waals surface area contributed by atoms with Crippen LogP contribution in [0.4, 0.5) is 5.82 Å². The highest BCUT2D eigenvalue weighted by Crippen LogP contribution is 2.26. The number of methoxy groups -OCH3 is 1. The molecule has 6 nitrogen and oxygen atoms in total. The van der Waals surface area contributed by atoms with Gasteiger partial charge >= 0.3 is 0 Å². The number of halogens is 3. The molecule has 0 bridgehead atoms. The molecule has 1 heterocycles. The number of hydrogen-bond acceptors (Lipinski definition) is 4. The van der Waals surface area contributed by atoms with Crippen molar-refractivity contribution in [2.24, 2.45) is 0 Å². The third-order valence-electron chi connectivity index (χ3n) is 5.51. The van der Waals surface area contributed by atoms with Gasteiger partial charge in [-0.15, -0.1) is 0 Å². The van der Waals surface area contributed by atoms with Crippen molar-refractivity contribution in [1.82, 2.24) is 9.78 Å². The molecule has 0 aliphatic rings. The molecule has 3 aromatic carbocycles. The lowest BCUT2D eigenvalue weighted by atomic mass is 10.1. The number of carbonyl (C=O) groups is 1. The fraction of sp³-hybridized carbons (Fsp3) is 0.143. The van der Waals surface area contributed by atoms with Crippen molar-refractivity contribution in [3.8, 4) is 11.5 Å². The van der Waals surface area contributed by atoms with Crippen LogP contribution in [0.15, 0.2) is 77.4 Å². The topological polar surface area (TPSA) is 65.4 Å². The Labute approximate surface area is 233 Å². The van der Waals surface area contributed by atoms with Crippen LogP contribution in [0.25, 0.3) is 6.08 Å². The van der Waals surface area contributed by atoms with E-state index in [0.29, 0.717) is 39.2 Å². The summed E-state index contributed by atoms with van der Waals surface area (Å²) in [7, 11) is 1.62. The van der Waals surface area contributed by atoms with Gasteiger partial charge in [0.1, 0.15) is 18.1 Å². The van der Waals surface area contributed by atoms with Gasteiger partial charge in [0.2, 0.25) is 5.91 Å². The van der Waals surface area contributed by atoms with Gasteiger partial charge in [-0.3, -0.25) is 9.48 Å². The minimum atomic E-state index is -0.316. The number of nitrogens with one attached hydrogen (secondary N) is 1. The molecule has 37 heavy (non-hydrogen) atoms. The number of amides is 1. The summed E-state index contributed by atoms with van der Waals surface area (Å²) in [6.45, 7) is 2.77. The number of nitrogens with zero attached hydrogens (tertiary/aromatic N) is 2. The smallest absolute Gasteiger partial charge is 0.249 e. The fourth-order valence-electron chi connectivity index (χ4n) is 3.61. The molecule has 0 atom stereocenters. The summed E-state index contributed by atoms with van der Waals surface area (Å²) in [5.41, 5.74) is 3.62. The Morgan fingerprint density at radius 2 is 1.89 bits per heavy atom. The maximum atomic E-state index is 12.6. The molecule has 0 fully saturated rings. The van der Waals surface area contributed by atoms with Crippen LogP contribution in [0.3, 0.4) is 0 Å². The van der Waals surface area contributed by atoms with Crippen molar-refractivity contribution in [2.75, 3.05) is 12.4 Å². The summed E-state index contributed by atoms with van der Waals surface area (Å²) in [5.74, 6) is 1.62. The van der Waals surface area contributed by atoms with Gasteiger partial charge in [0.05, 0.1) is 18.1 Å². The van der Waals surface area contributed by atoms with Crippen molar-refractivity contribution >= 4 is 56.9 Å². The molecule has 9 heteroatoms. The van der Waals surface area contributed by atoms with Crippen LogP contribution in [-0.2, 0) is 17.9 Å². The van der Waals surface area contributed by atoms with E-state index in [9.17, 15) is 4.79 Å². The number of hydrogen-bond donors (Lipinski definition) is 1. The van der Waals surface area contributed by atoms with Gasteiger partial charge in [0, 0.05) is 27.9 Å². The molecule has 1 amide bonds. The van der Waals surface area contributed by atoms with E-state index in [1.165, 1.54) is 6.08 Å². The Hall–Kier alpha value is -3.26. The van der Waals surface area contributed by atoms with Crippen LogP contribution < -0.4 is 14.8 Å². The highest BCUT2D eigenvalue weighted by molar-refractivity contribution is 9.10. The van der Waals surface area contributed by atoms with E-state index in [0.717, 1.165) is 28.0 Å². The predicted molar refractivity (Wildman–Crippen MR) is 152 cm³/mol. The molecule has 0 aliphatic heterocycles. The zero-order chi connectivity index (χ0) is 26.4. The average Bonchev–Trinajstić information content (AvgIpc) is 3.22. The first kappa shape index (κ1) is 26.8. The highest BCUT2D eigenvalue weighted by atomic mass is 79.9. The van der Waals surface area contributed by atoms with Crippen LogP contribution in [0, 0.1) is 6.92 Å². The van der Waals surface area contributed by atoms with Gasteiger partial charge in [-0.25, -0.2) is 0 Å². The van der Waals surface area contributed by atoms with Gasteiger partial charge in [-0.2, -0.15) is 5.10 Å². The molecule has 4 aromatic rings. The lowest BCUT2D eigenvalue weighted by Crippen LogP contribution is -2.10. The van der Waals surface area contributed by atoms with Gasteiger partial charge in [-0.1, -0.05) is 53.5 Å². The van der Waals surface area contributed by atoms with Crippen LogP contribution in [-0.4, -0.2) is 22.8 Å². The van der Waals surface area contributed by atoms with E-state index in [2.05, 4.69) is 26.3 Å². The summed E-state index contributed by atoms with van der Waals surface area (Å²) in [4.78, 5) is 12.6. The normalized spacial score (nSPS) is 11.1. The molecule has 0 saturated carbocycles. The molecular formula is C28H24BrCl2N3O3. The van der Waals surface area contributed by atoms with Crippen molar-refractivity contribution in [2.45, 2.75) is 20.1 Å². The first-order chi connectivity index (χ1) is 17.8. The molecule has 0 saturated heterocycles. The van der Waals surface area contributed by atoms with E-state index in [1.54, 1.807) is 36.2 Å². The lowest BCUT2D eigenvalue weighted by molar-refractivity contribution is -0.111. The van der Waals surface area contributed by atoms with Gasteiger partial charge < -0.3 is 14.8 Å². The second-order valence-electron chi connectivity index (χ2n) is 8.21. The third kappa shape index (κ3) is 7.16. The second-order valence-corrected chi connectivity index (χ2v) is 9.90. The largest absolute Gasteiger partial charge is 0.496 e. The summed E-state index contributed by atoms with van der Waals surface area (Å²) in [6, 6.07) is 18.8. The quantitative estimate of drug-likeness (QED) is 0.201. The Morgan fingerprint density at radius 3 is 2.65 bits per heavy atom. The van der Waals surface area contributed by atoms with E-state index in [-0.39, 0.29) is 5.91 Å². The molecule has 1 N–H and O–H groups in total. The van der Waals surface area contributed by atoms with Gasteiger partial charge in [-0.05, 0) is 76.0 Å². The maximum absolute atomic E-state index is 12.6. The summed E-state index contributed by atoms with van der Waals surface area (Å²) < 4.78 is 13.8. The first-order valence-corrected chi connectivity index (χ1v) is 12.9. The first-order valence-electron chi connectivity index (χ1n) is 11.3. The number of ether oxygens (including phenoxy) is 2. The number of aromatic nitrogens is 2.